The van der Waals surface area contributed by atoms with Gasteiger partial charge in [0.25, 0.3) is 0 Å². The highest BCUT2D eigenvalue weighted by Crippen LogP contribution is 2.28. The van der Waals surface area contributed by atoms with Gasteiger partial charge in [-0.15, -0.1) is 0 Å². The Kier molecular flexibility index (Phi) is 5.85. The van der Waals surface area contributed by atoms with Crippen LogP contribution in [0, 0.1) is 13.8 Å². The van der Waals surface area contributed by atoms with Crippen molar-refractivity contribution in [1.82, 2.24) is 9.78 Å². The molecule has 3 aromatic carbocycles. The lowest BCUT2D eigenvalue weighted by atomic mass is 9.99. The van der Waals surface area contributed by atoms with Crippen molar-refractivity contribution in [3.8, 4) is 22.4 Å². The van der Waals surface area contributed by atoms with Crippen LogP contribution in [0.5, 0.6) is 0 Å². The number of aryl methyl sites for hydroxylation is 3. The largest absolute Gasteiger partial charge is 0.366 e. The Balaban J connectivity index is 1.51. The van der Waals surface area contributed by atoms with E-state index in [1.807, 2.05) is 23.9 Å². The van der Waals surface area contributed by atoms with Gasteiger partial charge >= 0.3 is 0 Å². The molecule has 0 fully saturated rings. The predicted molar refractivity (Wildman–Crippen MR) is 127 cm³/mol. The van der Waals surface area contributed by atoms with Crippen molar-refractivity contribution < 1.29 is 0 Å². The zero-order valence-corrected chi connectivity index (χ0v) is 18.7. The number of nitrogens with one attached hydrogen (secondary N) is 1. The maximum atomic E-state index is 6.27. The van der Waals surface area contributed by atoms with Crippen LogP contribution in [0.2, 0.25) is 10.0 Å². The van der Waals surface area contributed by atoms with Gasteiger partial charge in [0.05, 0.1) is 5.69 Å². The van der Waals surface area contributed by atoms with Gasteiger partial charge in [-0.1, -0.05) is 71.7 Å². The molecule has 152 valence electrons. The molecule has 1 aromatic heterocycles. The van der Waals surface area contributed by atoms with E-state index in [2.05, 4.69) is 72.8 Å². The van der Waals surface area contributed by atoms with Gasteiger partial charge in [-0.3, -0.25) is 4.68 Å². The highest BCUT2D eigenvalue weighted by molar-refractivity contribution is 6.35. The lowest BCUT2D eigenvalue weighted by molar-refractivity contribution is 0.772. The lowest BCUT2D eigenvalue weighted by Gasteiger charge is -2.08. The molecule has 1 N–H and O–H groups in total. The molecule has 30 heavy (non-hydrogen) atoms. The molecule has 0 amide bonds. The van der Waals surface area contributed by atoms with Crippen LogP contribution < -0.4 is 5.32 Å². The zero-order chi connectivity index (χ0) is 21.3. The maximum Gasteiger partial charge on any atom is 0.124 e. The van der Waals surface area contributed by atoms with Crippen LogP contribution in [0.3, 0.4) is 0 Å². The van der Waals surface area contributed by atoms with Gasteiger partial charge in [-0.25, -0.2) is 0 Å². The van der Waals surface area contributed by atoms with E-state index in [9.17, 15) is 0 Å². The fraction of sp³-hybridized carbons (Fsp3) is 0.160. The summed E-state index contributed by atoms with van der Waals surface area (Å²) >= 11 is 12.2. The molecular formula is C25H23Cl2N3. The Bertz CT molecular complexity index is 1190. The van der Waals surface area contributed by atoms with Crippen LogP contribution in [0.1, 0.15) is 16.7 Å². The molecule has 0 spiro atoms. The Morgan fingerprint density at radius 2 is 1.50 bits per heavy atom. The second-order valence-electron chi connectivity index (χ2n) is 7.50. The summed E-state index contributed by atoms with van der Waals surface area (Å²) in [4.78, 5) is 0. The van der Waals surface area contributed by atoms with Crippen LogP contribution in [0.4, 0.5) is 5.82 Å². The van der Waals surface area contributed by atoms with Crippen LogP contribution in [-0.4, -0.2) is 9.78 Å². The number of rotatable bonds is 5. The Labute approximate surface area is 187 Å². The monoisotopic (exact) mass is 435 g/mol. The molecule has 0 atom stereocenters. The number of anilines is 1. The molecule has 4 rings (SSSR count). The van der Waals surface area contributed by atoms with E-state index >= 15 is 0 Å². The Morgan fingerprint density at radius 1 is 0.800 bits per heavy atom. The van der Waals surface area contributed by atoms with Gasteiger partial charge in [0.1, 0.15) is 5.82 Å². The van der Waals surface area contributed by atoms with Crippen LogP contribution in [0.15, 0.2) is 66.7 Å². The molecule has 0 unspecified atom stereocenters. The number of hydrogen-bond acceptors (Lipinski definition) is 2. The molecule has 0 saturated carbocycles. The van der Waals surface area contributed by atoms with E-state index < -0.39 is 0 Å². The van der Waals surface area contributed by atoms with E-state index in [-0.39, 0.29) is 0 Å². The van der Waals surface area contributed by atoms with E-state index in [1.54, 1.807) is 6.07 Å². The summed E-state index contributed by atoms with van der Waals surface area (Å²) in [5, 5.41) is 9.35. The minimum absolute atomic E-state index is 0.598. The quantitative estimate of drug-likeness (QED) is 0.356. The molecule has 4 aromatic rings. The number of hydrogen-bond donors (Lipinski definition) is 1. The first-order valence-corrected chi connectivity index (χ1v) is 10.6. The van der Waals surface area contributed by atoms with Gasteiger partial charge in [0.2, 0.25) is 0 Å². The Hall–Kier alpha value is -2.75. The van der Waals surface area contributed by atoms with Crippen molar-refractivity contribution in [2.75, 3.05) is 5.32 Å². The normalized spacial score (nSPS) is 11.0. The first-order chi connectivity index (χ1) is 14.4. The fourth-order valence-corrected chi connectivity index (χ4v) is 3.85. The highest BCUT2D eigenvalue weighted by atomic mass is 35.5. The van der Waals surface area contributed by atoms with Crippen molar-refractivity contribution in [3.63, 3.8) is 0 Å². The average Bonchev–Trinajstić information content (AvgIpc) is 3.10. The summed E-state index contributed by atoms with van der Waals surface area (Å²) in [7, 11) is 1.93. The van der Waals surface area contributed by atoms with Crippen LogP contribution >= 0.6 is 23.2 Å². The topological polar surface area (TPSA) is 29.9 Å². The van der Waals surface area contributed by atoms with Gasteiger partial charge in [0.15, 0.2) is 0 Å². The minimum Gasteiger partial charge on any atom is -0.366 e. The smallest absolute Gasteiger partial charge is 0.124 e. The number of benzene rings is 3. The summed E-state index contributed by atoms with van der Waals surface area (Å²) in [5.74, 6) is 0.925. The molecule has 1 heterocycles. The summed E-state index contributed by atoms with van der Waals surface area (Å²) < 4.78 is 1.84. The Morgan fingerprint density at radius 3 is 2.20 bits per heavy atom. The fourth-order valence-electron chi connectivity index (χ4n) is 3.38. The third-order valence-electron chi connectivity index (χ3n) is 5.38. The van der Waals surface area contributed by atoms with Gasteiger partial charge in [-0.2, -0.15) is 5.10 Å². The maximum absolute atomic E-state index is 6.27. The van der Waals surface area contributed by atoms with E-state index in [0.29, 0.717) is 16.6 Å². The van der Waals surface area contributed by atoms with Crippen LogP contribution in [0.25, 0.3) is 22.4 Å². The van der Waals surface area contributed by atoms with E-state index in [4.69, 9.17) is 23.2 Å². The zero-order valence-electron chi connectivity index (χ0n) is 17.2. The highest BCUT2D eigenvalue weighted by Gasteiger charge is 2.09. The first kappa shape index (κ1) is 20.5. The lowest BCUT2D eigenvalue weighted by Crippen LogP contribution is -2.04. The predicted octanol–water partition coefficient (Wildman–Crippen LogP) is 7.29. The number of aromatic nitrogens is 2. The molecular weight excluding hydrogens is 413 g/mol. The summed E-state index contributed by atoms with van der Waals surface area (Å²) in [6, 6.07) is 22.7. The van der Waals surface area contributed by atoms with E-state index in [1.165, 1.54) is 22.3 Å². The second-order valence-corrected chi connectivity index (χ2v) is 8.35. The van der Waals surface area contributed by atoms with Crippen molar-refractivity contribution in [3.05, 3.63) is 93.5 Å². The van der Waals surface area contributed by atoms with Gasteiger partial charge < -0.3 is 5.32 Å². The van der Waals surface area contributed by atoms with Crippen molar-refractivity contribution >= 4 is 29.0 Å². The molecule has 0 aliphatic rings. The standard InChI is InChI=1S/C25H23Cl2N3/c1-16-4-5-20(12-17(16)2)18-6-8-19(9-7-18)24-14-25(30(3)29-24)28-15-21-10-11-22(26)13-23(21)27/h4-14,28H,15H2,1-3H3. The van der Waals surface area contributed by atoms with E-state index in [0.717, 1.165) is 22.6 Å². The second kappa shape index (κ2) is 8.55. The van der Waals surface area contributed by atoms with Crippen LogP contribution in [-0.2, 0) is 13.6 Å². The van der Waals surface area contributed by atoms with Gasteiger partial charge in [-0.05, 0) is 53.8 Å². The molecule has 0 saturated heterocycles. The van der Waals surface area contributed by atoms with Crippen molar-refractivity contribution in [2.24, 2.45) is 7.05 Å². The average molecular weight is 436 g/mol. The molecule has 0 bridgehead atoms. The summed E-state index contributed by atoms with van der Waals surface area (Å²) in [5.41, 5.74) is 8.04. The third kappa shape index (κ3) is 4.38. The number of halogens is 2. The molecule has 3 nitrogen and oxygen atoms in total. The SMILES string of the molecule is Cc1ccc(-c2ccc(-c3cc(NCc4ccc(Cl)cc4Cl)n(C)n3)cc2)cc1C. The first-order valence-electron chi connectivity index (χ1n) is 9.80. The molecule has 0 aliphatic carbocycles. The van der Waals surface area contributed by atoms with Crippen molar-refractivity contribution in [2.45, 2.75) is 20.4 Å². The third-order valence-corrected chi connectivity index (χ3v) is 5.96. The summed E-state index contributed by atoms with van der Waals surface area (Å²) in [6.07, 6.45) is 0. The molecule has 5 heteroatoms. The molecule has 0 aliphatic heterocycles. The van der Waals surface area contributed by atoms with Crippen molar-refractivity contribution in [1.29, 1.82) is 0 Å². The number of nitrogens with zero attached hydrogens (tertiary/aromatic N) is 2. The minimum atomic E-state index is 0.598. The molecule has 0 radical (unpaired) electrons. The summed E-state index contributed by atoms with van der Waals surface area (Å²) in [6.45, 7) is 4.88. The van der Waals surface area contributed by atoms with Gasteiger partial charge in [0, 0.05) is 35.3 Å².